The van der Waals surface area contributed by atoms with Crippen LogP contribution in [0.25, 0.3) is 0 Å². The minimum absolute atomic E-state index is 0.0896. The van der Waals surface area contributed by atoms with Gasteiger partial charge in [-0.05, 0) is 53.7 Å². The molecule has 114 valence electrons. The van der Waals surface area contributed by atoms with Gasteiger partial charge in [-0.25, -0.2) is 0 Å². The van der Waals surface area contributed by atoms with E-state index in [4.69, 9.17) is 13.9 Å². The first-order chi connectivity index (χ1) is 10.2. The number of methoxy groups -OCH3 is 1. The van der Waals surface area contributed by atoms with Gasteiger partial charge in [-0.2, -0.15) is 0 Å². The summed E-state index contributed by atoms with van der Waals surface area (Å²) in [6.45, 7) is 3.05. The molecule has 0 aliphatic heterocycles. The molecule has 0 spiro atoms. The molecule has 0 saturated heterocycles. The Hall–Kier alpha value is -1.30. The van der Waals surface area contributed by atoms with Crippen LogP contribution in [0.3, 0.4) is 0 Å². The molecule has 0 radical (unpaired) electrons. The molecule has 0 aliphatic carbocycles. The predicted octanol–water partition coefficient (Wildman–Crippen LogP) is 3.68. The van der Waals surface area contributed by atoms with Crippen molar-refractivity contribution in [3.63, 3.8) is 0 Å². The lowest BCUT2D eigenvalue weighted by Crippen LogP contribution is -2.17. The van der Waals surface area contributed by atoms with Crippen LogP contribution >= 0.6 is 15.9 Å². The van der Waals surface area contributed by atoms with Gasteiger partial charge < -0.3 is 19.2 Å². The van der Waals surface area contributed by atoms with Crippen molar-refractivity contribution in [3.05, 3.63) is 51.9 Å². The molecule has 1 heterocycles. The summed E-state index contributed by atoms with van der Waals surface area (Å²) >= 11 is 3.56. The first-order valence-electron chi connectivity index (χ1n) is 6.79. The van der Waals surface area contributed by atoms with Gasteiger partial charge in [0, 0.05) is 12.7 Å². The van der Waals surface area contributed by atoms with E-state index in [-0.39, 0.29) is 6.04 Å². The van der Waals surface area contributed by atoms with Gasteiger partial charge >= 0.3 is 0 Å². The Labute approximate surface area is 133 Å². The normalized spacial score (nSPS) is 12.4. The molecule has 4 nitrogen and oxygen atoms in total. The molecule has 1 aromatic carbocycles. The summed E-state index contributed by atoms with van der Waals surface area (Å²) in [5, 5.41) is 3.31. The fourth-order valence-electron chi connectivity index (χ4n) is 2.19. The summed E-state index contributed by atoms with van der Waals surface area (Å²) in [5.41, 5.74) is 2.25. The van der Waals surface area contributed by atoms with Crippen molar-refractivity contribution >= 4 is 15.9 Å². The molecule has 0 amide bonds. The number of halogens is 1. The molecule has 1 atom stereocenters. The number of aryl methyl sites for hydroxylation is 1. The molecule has 0 saturated carbocycles. The van der Waals surface area contributed by atoms with Gasteiger partial charge in [0.2, 0.25) is 0 Å². The number of hydrogen-bond acceptors (Lipinski definition) is 4. The maximum atomic E-state index is 5.64. The molecule has 1 N–H and O–H groups in total. The molecule has 0 bridgehead atoms. The average Bonchev–Trinajstić information content (AvgIpc) is 2.88. The van der Waals surface area contributed by atoms with E-state index in [0.717, 1.165) is 27.1 Å². The average molecular weight is 354 g/mol. The highest BCUT2D eigenvalue weighted by molar-refractivity contribution is 9.10. The monoisotopic (exact) mass is 353 g/mol. The molecule has 0 fully saturated rings. The van der Waals surface area contributed by atoms with Gasteiger partial charge in [-0.3, -0.25) is 0 Å². The minimum Gasteiger partial charge on any atom is -0.490 e. The van der Waals surface area contributed by atoms with E-state index in [1.807, 2.05) is 26.1 Å². The lowest BCUT2D eigenvalue weighted by Gasteiger charge is -2.16. The van der Waals surface area contributed by atoms with Gasteiger partial charge in [0.05, 0.1) is 23.4 Å². The van der Waals surface area contributed by atoms with Crippen LogP contribution < -0.4 is 10.1 Å². The fourth-order valence-corrected chi connectivity index (χ4v) is 2.70. The highest BCUT2D eigenvalue weighted by Gasteiger charge is 2.15. The molecule has 5 heteroatoms. The lowest BCUT2D eigenvalue weighted by molar-refractivity contribution is 0.146. The molecule has 21 heavy (non-hydrogen) atoms. The van der Waals surface area contributed by atoms with Crippen LogP contribution in [-0.2, 0) is 4.74 Å². The van der Waals surface area contributed by atoms with Crippen molar-refractivity contribution in [3.8, 4) is 5.75 Å². The third-order valence-corrected chi connectivity index (χ3v) is 3.83. The van der Waals surface area contributed by atoms with Crippen LogP contribution in [0.2, 0.25) is 0 Å². The van der Waals surface area contributed by atoms with E-state index >= 15 is 0 Å². The van der Waals surface area contributed by atoms with Crippen LogP contribution in [0, 0.1) is 6.92 Å². The standard InChI is InChI=1S/C16H20BrNO3/c1-11-8-13(10-21-11)16(18-2)12-4-5-15(14(17)9-12)20-7-6-19-3/h4-5,8-10,16,18H,6-7H2,1-3H3. The second-order valence-corrected chi connectivity index (χ2v) is 5.60. The molecular formula is C16H20BrNO3. The molecular weight excluding hydrogens is 334 g/mol. The minimum atomic E-state index is 0.0896. The fraction of sp³-hybridized carbons (Fsp3) is 0.375. The van der Waals surface area contributed by atoms with Gasteiger partial charge in [0.25, 0.3) is 0 Å². The van der Waals surface area contributed by atoms with E-state index < -0.39 is 0 Å². The second kappa shape index (κ2) is 7.64. The van der Waals surface area contributed by atoms with Gasteiger partial charge in [-0.1, -0.05) is 6.07 Å². The van der Waals surface area contributed by atoms with Crippen molar-refractivity contribution < 1.29 is 13.9 Å². The Morgan fingerprint density at radius 1 is 1.24 bits per heavy atom. The smallest absolute Gasteiger partial charge is 0.133 e. The molecule has 1 unspecified atom stereocenters. The summed E-state index contributed by atoms with van der Waals surface area (Å²) in [4.78, 5) is 0. The third kappa shape index (κ3) is 4.09. The van der Waals surface area contributed by atoms with Gasteiger partial charge in [-0.15, -0.1) is 0 Å². The van der Waals surface area contributed by atoms with Gasteiger partial charge in [0.1, 0.15) is 18.1 Å². The molecule has 2 aromatic rings. The SMILES string of the molecule is CNC(c1coc(C)c1)c1ccc(OCCOC)c(Br)c1. The zero-order valence-electron chi connectivity index (χ0n) is 12.5. The maximum absolute atomic E-state index is 5.64. The Bertz CT molecular complexity index is 583. The Morgan fingerprint density at radius 3 is 2.62 bits per heavy atom. The summed E-state index contributed by atoms with van der Waals surface area (Å²) < 4.78 is 17.0. The van der Waals surface area contributed by atoms with E-state index in [0.29, 0.717) is 13.2 Å². The second-order valence-electron chi connectivity index (χ2n) is 4.74. The van der Waals surface area contributed by atoms with E-state index in [1.165, 1.54) is 0 Å². The first kappa shape index (κ1) is 16.1. The topological polar surface area (TPSA) is 43.6 Å². The summed E-state index contributed by atoms with van der Waals surface area (Å²) in [5.74, 6) is 1.72. The third-order valence-electron chi connectivity index (χ3n) is 3.21. The number of hydrogen-bond donors (Lipinski definition) is 1. The number of rotatable bonds is 7. The number of furan rings is 1. The Kier molecular flexibility index (Phi) is 5.85. The van der Waals surface area contributed by atoms with E-state index in [2.05, 4.69) is 33.4 Å². The van der Waals surface area contributed by atoms with Crippen molar-refractivity contribution in [2.75, 3.05) is 27.4 Å². The summed E-state index contributed by atoms with van der Waals surface area (Å²) in [6.07, 6.45) is 1.79. The van der Waals surface area contributed by atoms with Crippen molar-refractivity contribution in [1.29, 1.82) is 0 Å². The van der Waals surface area contributed by atoms with Crippen molar-refractivity contribution in [2.45, 2.75) is 13.0 Å². The number of ether oxygens (including phenoxy) is 2. The van der Waals surface area contributed by atoms with Crippen LogP contribution in [0.15, 0.2) is 39.4 Å². The number of benzene rings is 1. The Balaban J connectivity index is 2.17. The molecule has 1 aromatic heterocycles. The highest BCUT2D eigenvalue weighted by Crippen LogP contribution is 2.31. The zero-order chi connectivity index (χ0) is 15.2. The first-order valence-corrected chi connectivity index (χ1v) is 7.58. The van der Waals surface area contributed by atoms with Crippen molar-refractivity contribution in [1.82, 2.24) is 5.32 Å². The predicted molar refractivity (Wildman–Crippen MR) is 85.9 cm³/mol. The molecule has 0 aliphatic rings. The van der Waals surface area contributed by atoms with Gasteiger partial charge in [0.15, 0.2) is 0 Å². The van der Waals surface area contributed by atoms with Crippen LogP contribution in [0.1, 0.15) is 22.9 Å². The van der Waals surface area contributed by atoms with Crippen molar-refractivity contribution in [2.24, 2.45) is 0 Å². The Morgan fingerprint density at radius 2 is 2.05 bits per heavy atom. The maximum Gasteiger partial charge on any atom is 0.133 e. The van der Waals surface area contributed by atoms with E-state index in [1.54, 1.807) is 13.4 Å². The highest BCUT2D eigenvalue weighted by atomic mass is 79.9. The van der Waals surface area contributed by atoms with Crippen LogP contribution in [0.4, 0.5) is 0 Å². The quantitative estimate of drug-likeness (QED) is 0.771. The van der Waals surface area contributed by atoms with E-state index in [9.17, 15) is 0 Å². The zero-order valence-corrected chi connectivity index (χ0v) is 14.1. The lowest BCUT2D eigenvalue weighted by atomic mass is 10.0. The molecule has 2 rings (SSSR count). The largest absolute Gasteiger partial charge is 0.490 e. The summed E-state index contributed by atoms with van der Waals surface area (Å²) in [7, 11) is 3.59. The number of nitrogens with one attached hydrogen (secondary N) is 1. The van der Waals surface area contributed by atoms with Crippen LogP contribution in [-0.4, -0.2) is 27.4 Å². The summed E-state index contributed by atoms with van der Waals surface area (Å²) in [6, 6.07) is 8.21. The van der Waals surface area contributed by atoms with Crippen LogP contribution in [0.5, 0.6) is 5.75 Å².